The summed E-state index contributed by atoms with van der Waals surface area (Å²) in [7, 11) is 0. The maximum atomic E-state index is 12.9. The van der Waals surface area contributed by atoms with Crippen LogP contribution in [0.25, 0.3) is 26.5 Å². The smallest absolute Gasteiger partial charge is 0.410 e. The van der Waals surface area contributed by atoms with E-state index in [4.69, 9.17) is 9.72 Å². The number of fused-ring (bicyclic) bond motifs is 2. The number of hydrogen-bond acceptors (Lipinski definition) is 8. The molecule has 5 rings (SSSR count). The summed E-state index contributed by atoms with van der Waals surface area (Å²) >= 11 is 3.14. The van der Waals surface area contributed by atoms with E-state index in [0.717, 1.165) is 41.9 Å². The average molecular weight is 567 g/mol. The minimum Gasteiger partial charge on any atom is -0.444 e. The molecule has 1 aliphatic rings. The fraction of sp³-hybridized carbons (Fsp3) is 0.429. The molecule has 0 bridgehead atoms. The van der Waals surface area contributed by atoms with Crippen molar-refractivity contribution in [3.63, 3.8) is 0 Å². The summed E-state index contributed by atoms with van der Waals surface area (Å²) in [5.41, 5.74) is 3.44. The SMILES string of the molecule is CC(C)NCCC(=O)Nc1sc2c(c1-c1nc3cc(-n4ccnc4)ccc3s1)CCN(C(=O)OC(C)(C)C)C2. The maximum absolute atomic E-state index is 12.9. The molecule has 4 heterocycles. The van der Waals surface area contributed by atoms with Crippen molar-refractivity contribution < 1.29 is 14.3 Å². The lowest BCUT2D eigenvalue weighted by molar-refractivity contribution is -0.116. The zero-order chi connectivity index (χ0) is 27.7. The largest absolute Gasteiger partial charge is 0.444 e. The Kier molecular flexibility index (Phi) is 7.75. The number of carbonyl (C=O) groups excluding carboxylic acids is 2. The van der Waals surface area contributed by atoms with Gasteiger partial charge < -0.3 is 24.8 Å². The molecule has 0 saturated heterocycles. The van der Waals surface area contributed by atoms with Gasteiger partial charge in [-0.1, -0.05) is 13.8 Å². The first-order valence-corrected chi connectivity index (χ1v) is 14.8. The molecule has 39 heavy (non-hydrogen) atoms. The van der Waals surface area contributed by atoms with Crippen molar-refractivity contribution in [2.24, 2.45) is 0 Å². The van der Waals surface area contributed by atoms with Crippen molar-refractivity contribution in [1.29, 1.82) is 0 Å². The van der Waals surface area contributed by atoms with E-state index in [2.05, 4.69) is 47.7 Å². The second-order valence-electron chi connectivity index (χ2n) is 10.9. The summed E-state index contributed by atoms with van der Waals surface area (Å²) in [6.45, 7) is 11.3. The van der Waals surface area contributed by atoms with Crippen LogP contribution in [-0.4, -0.2) is 56.2 Å². The Labute approximate surface area is 236 Å². The Hall–Kier alpha value is -3.28. The molecule has 11 heteroatoms. The molecule has 0 saturated carbocycles. The molecule has 0 atom stereocenters. The van der Waals surface area contributed by atoms with Crippen LogP contribution in [0.5, 0.6) is 0 Å². The summed E-state index contributed by atoms with van der Waals surface area (Å²) in [4.78, 5) is 37.7. The fourth-order valence-electron chi connectivity index (χ4n) is 4.46. The van der Waals surface area contributed by atoms with Gasteiger partial charge in [-0.05, 0) is 51.0 Å². The number of carbonyl (C=O) groups is 2. The van der Waals surface area contributed by atoms with Crippen molar-refractivity contribution in [3.8, 4) is 16.3 Å². The number of thiophene rings is 1. The van der Waals surface area contributed by atoms with E-state index < -0.39 is 5.60 Å². The van der Waals surface area contributed by atoms with E-state index in [-0.39, 0.29) is 12.0 Å². The minimum absolute atomic E-state index is 0.0458. The first-order chi connectivity index (χ1) is 18.6. The number of amides is 2. The Balaban J connectivity index is 1.48. The number of hydrogen-bond donors (Lipinski definition) is 2. The molecule has 0 unspecified atom stereocenters. The molecule has 4 aromatic rings. The van der Waals surface area contributed by atoms with Gasteiger partial charge in [0.05, 0.1) is 23.1 Å². The second kappa shape index (κ2) is 11.1. The standard InChI is InChI=1S/C28H34N6O3S2/c1-17(2)30-10-8-23(35)32-26-24(19-9-12-33(15-22(19)39-26)27(36)37-28(3,4)5)25-31-20-14-18(6-7-21(20)38-25)34-13-11-29-16-34/h6-7,11,13-14,16-17,30H,8-10,12,15H2,1-5H3,(H,32,35). The number of aromatic nitrogens is 3. The van der Waals surface area contributed by atoms with Crippen LogP contribution in [0.2, 0.25) is 0 Å². The van der Waals surface area contributed by atoms with Gasteiger partial charge in [-0.15, -0.1) is 22.7 Å². The molecular weight excluding hydrogens is 532 g/mol. The Morgan fingerprint density at radius 2 is 2.03 bits per heavy atom. The van der Waals surface area contributed by atoms with Gasteiger partial charge in [0.1, 0.15) is 15.6 Å². The van der Waals surface area contributed by atoms with Gasteiger partial charge in [0.15, 0.2) is 0 Å². The van der Waals surface area contributed by atoms with Crippen molar-refractivity contribution >= 4 is 49.9 Å². The Morgan fingerprint density at radius 1 is 1.21 bits per heavy atom. The quantitative estimate of drug-likeness (QED) is 0.292. The van der Waals surface area contributed by atoms with Crippen LogP contribution in [0.15, 0.2) is 36.9 Å². The van der Waals surface area contributed by atoms with Gasteiger partial charge >= 0.3 is 6.09 Å². The van der Waals surface area contributed by atoms with Crippen LogP contribution in [-0.2, 0) is 22.5 Å². The van der Waals surface area contributed by atoms with Crippen LogP contribution in [0, 0.1) is 0 Å². The van der Waals surface area contributed by atoms with E-state index in [1.165, 1.54) is 11.3 Å². The molecule has 2 N–H and O–H groups in total. The molecule has 0 aliphatic carbocycles. The highest BCUT2D eigenvalue weighted by Crippen LogP contribution is 2.46. The molecule has 1 aliphatic heterocycles. The summed E-state index contributed by atoms with van der Waals surface area (Å²) in [5, 5.41) is 8.11. The number of ether oxygens (including phenoxy) is 1. The highest BCUT2D eigenvalue weighted by Gasteiger charge is 2.31. The zero-order valence-corrected chi connectivity index (χ0v) is 24.5. The molecule has 0 fully saturated rings. The van der Waals surface area contributed by atoms with Gasteiger partial charge in [0.25, 0.3) is 0 Å². The molecule has 3 aromatic heterocycles. The monoisotopic (exact) mass is 566 g/mol. The second-order valence-corrected chi connectivity index (χ2v) is 13.0. The number of imidazole rings is 1. The predicted octanol–water partition coefficient (Wildman–Crippen LogP) is 5.83. The van der Waals surface area contributed by atoms with Gasteiger partial charge in [0.2, 0.25) is 5.91 Å². The Morgan fingerprint density at radius 3 is 2.74 bits per heavy atom. The van der Waals surface area contributed by atoms with Gasteiger partial charge in [-0.25, -0.2) is 14.8 Å². The van der Waals surface area contributed by atoms with E-state index in [1.807, 2.05) is 31.5 Å². The molecule has 206 valence electrons. The van der Waals surface area contributed by atoms with Gasteiger partial charge in [-0.2, -0.15) is 0 Å². The van der Waals surface area contributed by atoms with Crippen LogP contribution >= 0.6 is 22.7 Å². The number of nitrogens with one attached hydrogen (secondary N) is 2. The predicted molar refractivity (Wildman–Crippen MR) is 157 cm³/mol. The fourth-order valence-corrected chi connectivity index (χ4v) is 6.83. The van der Waals surface area contributed by atoms with Crippen LogP contribution in [0.1, 0.15) is 51.5 Å². The van der Waals surface area contributed by atoms with E-state index in [9.17, 15) is 9.59 Å². The molecule has 1 aromatic carbocycles. The third kappa shape index (κ3) is 6.32. The topological polar surface area (TPSA) is 101 Å². The number of thiazole rings is 1. The van der Waals surface area contributed by atoms with E-state index >= 15 is 0 Å². The number of nitrogens with zero attached hydrogens (tertiary/aromatic N) is 4. The first-order valence-electron chi connectivity index (χ1n) is 13.1. The molecule has 0 radical (unpaired) electrons. The van der Waals surface area contributed by atoms with E-state index in [0.29, 0.717) is 38.5 Å². The van der Waals surface area contributed by atoms with Crippen LogP contribution < -0.4 is 10.6 Å². The third-order valence-electron chi connectivity index (χ3n) is 6.25. The van der Waals surface area contributed by atoms with Crippen molar-refractivity contribution in [3.05, 3.63) is 47.4 Å². The lowest BCUT2D eigenvalue weighted by Gasteiger charge is -2.30. The number of benzene rings is 1. The van der Waals surface area contributed by atoms with Gasteiger partial charge in [-0.3, -0.25) is 4.79 Å². The molecule has 0 spiro atoms. The molecular formula is C28H34N6O3S2. The van der Waals surface area contributed by atoms with Crippen LogP contribution in [0.4, 0.5) is 9.80 Å². The Bertz CT molecular complexity index is 1480. The third-order valence-corrected chi connectivity index (χ3v) is 8.44. The summed E-state index contributed by atoms with van der Waals surface area (Å²) in [6.07, 6.45) is 6.14. The molecule has 2 amide bonds. The number of rotatable bonds is 7. The summed E-state index contributed by atoms with van der Waals surface area (Å²) < 4.78 is 8.64. The summed E-state index contributed by atoms with van der Waals surface area (Å²) in [5.74, 6) is -0.0458. The lowest BCUT2D eigenvalue weighted by atomic mass is 10.0. The minimum atomic E-state index is -0.558. The van der Waals surface area contributed by atoms with Crippen molar-refractivity contribution in [1.82, 2.24) is 24.8 Å². The highest BCUT2D eigenvalue weighted by molar-refractivity contribution is 7.23. The number of anilines is 1. The first kappa shape index (κ1) is 27.3. The normalized spacial score (nSPS) is 13.6. The lowest BCUT2D eigenvalue weighted by Crippen LogP contribution is -2.39. The van der Waals surface area contributed by atoms with Crippen LogP contribution in [0.3, 0.4) is 0 Å². The van der Waals surface area contributed by atoms with Crippen molar-refractivity contribution in [2.75, 3.05) is 18.4 Å². The summed E-state index contributed by atoms with van der Waals surface area (Å²) in [6, 6.07) is 6.50. The molecule has 9 nitrogen and oxygen atoms in total. The maximum Gasteiger partial charge on any atom is 0.410 e. The van der Waals surface area contributed by atoms with Gasteiger partial charge in [0, 0.05) is 54.1 Å². The van der Waals surface area contributed by atoms with E-state index in [1.54, 1.807) is 28.8 Å². The highest BCUT2D eigenvalue weighted by atomic mass is 32.1. The zero-order valence-electron chi connectivity index (χ0n) is 22.9. The van der Waals surface area contributed by atoms with Crippen molar-refractivity contribution in [2.45, 2.75) is 65.6 Å². The average Bonchev–Trinajstić information content (AvgIpc) is 3.59.